The van der Waals surface area contributed by atoms with Gasteiger partial charge in [0.2, 0.25) is 0 Å². The molecule has 4 rings (SSSR count). The van der Waals surface area contributed by atoms with Crippen LogP contribution in [0.4, 0.5) is 4.39 Å². The second-order valence-electron chi connectivity index (χ2n) is 5.49. The Labute approximate surface area is 132 Å². The SMILES string of the molecule is C=C1NCCc2c(-c3ccc(F)c(Cl)c3)[nH]c3cccc1c23. The van der Waals surface area contributed by atoms with Crippen LogP contribution in [-0.2, 0) is 6.42 Å². The van der Waals surface area contributed by atoms with Crippen molar-refractivity contribution in [2.75, 3.05) is 6.54 Å². The second kappa shape index (κ2) is 4.89. The number of hydrogen-bond acceptors (Lipinski definition) is 1. The average Bonchev–Trinajstić information content (AvgIpc) is 2.79. The van der Waals surface area contributed by atoms with Crippen LogP contribution in [0.3, 0.4) is 0 Å². The molecule has 2 aromatic carbocycles. The van der Waals surface area contributed by atoms with E-state index in [1.54, 1.807) is 12.1 Å². The van der Waals surface area contributed by atoms with Crippen LogP contribution >= 0.6 is 11.6 Å². The molecule has 0 unspecified atom stereocenters. The van der Waals surface area contributed by atoms with Crippen LogP contribution in [0.15, 0.2) is 43.0 Å². The van der Waals surface area contributed by atoms with Crippen LogP contribution in [-0.4, -0.2) is 11.5 Å². The maximum Gasteiger partial charge on any atom is 0.141 e. The van der Waals surface area contributed by atoms with Crippen LogP contribution in [0.1, 0.15) is 11.1 Å². The monoisotopic (exact) mass is 312 g/mol. The molecule has 1 aliphatic rings. The van der Waals surface area contributed by atoms with Crippen molar-refractivity contribution < 1.29 is 4.39 Å². The quantitative estimate of drug-likeness (QED) is 0.667. The van der Waals surface area contributed by atoms with Crippen LogP contribution in [0, 0.1) is 5.82 Å². The molecule has 2 nitrogen and oxygen atoms in total. The zero-order valence-corrected chi connectivity index (χ0v) is 12.6. The minimum atomic E-state index is -0.400. The van der Waals surface area contributed by atoms with Crippen molar-refractivity contribution in [1.29, 1.82) is 0 Å². The molecule has 2 heterocycles. The lowest BCUT2D eigenvalue weighted by atomic mass is 10.00. The van der Waals surface area contributed by atoms with Gasteiger partial charge in [-0.2, -0.15) is 0 Å². The summed E-state index contributed by atoms with van der Waals surface area (Å²) in [6.07, 6.45) is 0.875. The van der Waals surface area contributed by atoms with Crippen molar-refractivity contribution in [3.63, 3.8) is 0 Å². The molecule has 110 valence electrons. The number of aromatic amines is 1. The summed E-state index contributed by atoms with van der Waals surface area (Å²) in [5.74, 6) is -0.400. The van der Waals surface area contributed by atoms with Crippen molar-refractivity contribution in [1.82, 2.24) is 10.3 Å². The van der Waals surface area contributed by atoms with E-state index >= 15 is 0 Å². The predicted octanol–water partition coefficient (Wildman–Crippen LogP) is 4.74. The summed E-state index contributed by atoms with van der Waals surface area (Å²) < 4.78 is 13.4. The normalized spacial score (nSPS) is 14.0. The Balaban J connectivity index is 2.03. The first-order valence-electron chi connectivity index (χ1n) is 7.17. The van der Waals surface area contributed by atoms with Gasteiger partial charge in [0.25, 0.3) is 0 Å². The van der Waals surface area contributed by atoms with Crippen molar-refractivity contribution >= 4 is 28.2 Å². The third-order valence-corrected chi connectivity index (χ3v) is 4.46. The van der Waals surface area contributed by atoms with Crippen molar-refractivity contribution in [3.05, 3.63) is 64.9 Å². The minimum Gasteiger partial charge on any atom is -0.385 e. The van der Waals surface area contributed by atoms with Gasteiger partial charge >= 0.3 is 0 Å². The maximum atomic E-state index is 13.4. The fourth-order valence-electron chi connectivity index (χ4n) is 3.15. The van der Waals surface area contributed by atoms with Crippen LogP contribution in [0.25, 0.3) is 27.9 Å². The van der Waals surface area contributed by atoms with E-state index < -0.39 is 5.82 Å². The number of aromatic nitrogens is 1. The van der Waals surface area contributed by atoms with Gasteiger partial charge in [-0.25, -0.2) is 4.39 Å². The first-order valence-corrected chi connectivity index (χ1v) is 7.55. The number of rotatable bonds is 1. The zero-order chi connectivity index (χ0) is 15.3. The van der Waals surface area contributed by atoms with Crippen LogP contribution in [0.2, 0.25) is 5.02 Å². The molecule has 1 aromatic heterocycles. The third-order valence-electron chi connectivity index (χ3n) is 4.17. The van der Waals surface area contributed by atoms with Gasteiger partial charge in [-0.3, -0.25) is 0 Å². The molecule has 0 bridgehead atoms. The van der Waals surface area contributed by atoms with Crippen molar-refractivity contribution in [2.45, 2.75) is 6.42 Å². The molecule has 0 atom stereocenters. The van der Waals surface area contributed by atoms with Gasteiger partial charge in [-0.05, 0) is 41.8 Å². The molecule has 3 aromatic rings. The van der Waals surface area contributed by atoms with Crippen molar-refractivity contribution in [3.8, 4) is 11.3 Å². The fraction of sp³-hybridized carbons (Fsp3) is 0.111. The highest BCUT2D eigenvalue weighted by Crippen LogP contribution is 2.36. The van der Waals surface area contributed by atoms with Gasteiger partial charge in [-0.1, -0.05) is 30.3 Å². The summed E-state index contributed by atoms with van der Waals surface area (Å²) in [6.45, 7) is 4.93. The van der Waals surface area contributed by atoms with E-state index in [4.69, 9.17) is 11.6 Å². The van der Waals surface area contributed by atoms with E-state index in [0.29, 0.717) is 0 Å². The van der Waals surface area contributed by atoms with E-state index in [-0.39, 0.29) is 5.02 Å². The third kappa shape index (κ3) is 1.93. The Morgan fingerprint density at radius 1 is 1.18 bits per heavy atom. The lowest BCUT2D eigenvalue weighted by Crippen LogP contribution is -2.12. The smallest absolute Gasteiger partial charge is 0.141 e. The highest BCUT2D eigenvalue weighted by molar-refractivity contribution is 6.31. The summed E-state index contributed by atoms with van der Waals surface area (Å²) in [6, 6.07) is 11.0. The molecule has 0 saturated carbocycles. The Kier molecular flexibility index (Phi) is 2.98. The maximum absolute atomic E-state index is 13.4. The molecule has 0 aliphatic carbocycles. The highest BCUT2D eigenvalue weighted by atomic mass is 35.5. The molecule has 1 aliphatic heterocycles. The summed E-state index contributed by atoms with van der Waals surface area (Å²) in [5.41, 5.74) is 6.23. The van der Waals surface area contributed by atoms with Crippen LogP contribution < -0.4 is 5.32 Å². The molecular weight excluding hydrogens is 299 g/mol. The molecular formula is C18H14ClFN2. The van der Waals surface area contributed by atoms with Gasteiger partial charge in [0.1, 0.15) is 5.82 Å². The fourth-order valence-corrected chi connectivity index (χ4v) is 3.33. The van der Waals surface area contributed by atoms with Gasteiger partial charge in [0.15, 0.2) is 0 Å². The Morgan fingerprint density at radius 2 is 2.05 bits per heavy atom. The van der Waals surface area contributed by atoms with Gasteiger partial charge < -0.3 is 10.3 Å². The molecule has 4 heteroatoms. The van der Waals surface area contributed by atoms with E-state index in [1.807, 2.05) is 6.07 Å². The Hall–Kier alpha value is -2.26. The summed E-state index contributed by atoms with van der Waals surface area (Å²) in [4.78, 5) is 3.46. The minimum absolute atomic E-state index is 0.139. The summed E-state index contributed by atoms with van der Waals surface area (Å²) in [5, 5.41) is 4.67. The number of H-pyrrole nitrogens is 1. The first-order chi connectivity index (χ1) is 10.6. The van der Waals surface area contributed by atoms with E-state index in [2.05, 4.69) is 29.0 Å². The van der Waals surface area contributed by atoms with Crippen LogP contribution in [0.5, 0.6) is 0 Å². The summed E-state index contributed by atoms with van der Waals surface area (Å²) >= 11 is 5.94. The summed E-state index contributed by atoms with van der Waals surface area (Å²) in [7, 11) is 0. The first kappa shape index (κ1) is 13.4. The van der Waals surface area contributed by atoms with Gasteiger partial charge in [0, 0.05) is 34.4 Å². The predicted molar refractivity (Wildman–Crippen MR) is 89.4 cm³/mol. The number of halogens is 2. The number of benzene rings is 2. The number of hydrogen-bond donors (Lipinski definition) is 2. The standard InChI is InChI=1S/C18H14ClFN2/c1-10-12-3-2-4-16-17(12)13(7-8-21-10)18(22-16)11-5-6-15(20)14(19)9-11/h2-6,9,21-22H,1,7-8H2. The molecule has 0 radical (unpaired) electrons. The van der Waals surface area contributed by atoms with E-state index in [0.717, 1.165) is 41.0 Å². The molecule has 0 fully saturated rings. The van der Waals surface area contributed by atoms with Gasteiger partial charge in [0.05, 0.1) is 5.02 Å². The van der Waals surface area contributed by atoms with E-state index in [1.165, 1.54) is 17.0 Å². The molecule has 0 spiro atoms. The lowest BCUT2D eigenvalue weighted by molar-refractivity contribution is 0.628. The number of nitrogens with one attached hydrogen (secondary N) is 2. The molecule has 0 saturated heterocycles. The Bertz CT molecular complexity index is 911. The largest absolute Gasteiger partial charge is 0.385 e. The van der Waals surface area contributed by atoms with E-state index in [9.17, 15) is 4.39 Å². The average molecular weight is 313 g/mol. The molecule has 0 amide bonds. The molecule has 2 N–H and O–H groups in total. The second-order valence-corrected chi connectivity index (χ2v) is 5.90. The molecule has 22 heavy (non-hydrogen) atoms. The zero-order valence-electron chi connectivity index (χ0n) is 11.8. The van der Waals surface area contributed by atoms with Gasteiger partial charge in [-0.15, -0.1) is 0 Å². The van der Waals surface area contributed by atoms with Crippen molar-refractivity contribution in [2.24, 2.45) is 0 Å². The Morgan fingerprint density at radius 3 is 2.86 bits per heavy atom. The highest BCUT2D eigenvalue weighted by Gasteiger charge is 2.20. The topological polar surface area (TPSA) is 27.8 Å². The lowest BCUT2D eigenvalue weighted by Gasteiger charge is -2.06.